The van der Waals surface area contributed by atoms with Crippen LogP contribution in [0.4, 0.5) is 5.69 Å². The average Bonchev–Trinajstić information content (AvgIpc) is 2.47. The van der Waals surface area contributed by atoms with Crippen molar-refractivity contribution in [1.29, 1.82) is 0 Å². The highest BCUT2D eigenvalue weighted by Gasteiger charge is 2.22. The molecular formula is C14H16ClN3O2S. The Hall–Kier alpha value is -1.60. The molecule has 0 saturated carbocycles. The van der Waals surface area contributed by atoms with Crippen molar-refractivity contribution in [2.24, 2.45) is 5.84 Å². The molecule has 0 amide bonds. The second-order valence-corrected chi connectivity index (χ2v) is 6.59. The molecule has 7 heteroatoms. The molecule has 1 atom stereocenters. The highest BCUT2D eigenvalue weighted by atomic mass is 35.5. The number of hydrogen-bond acceptors (Lipinski definition) is 4. The van der Waals surface area contributed by atoms with E-state index in [1.807, 2.05) is 0 Å². The van der Waals surface area contributed by atoms with Crippen LogP contribution in [-0.4, -0.2) is 8.42 Å². The normalized spacial score (nSPS) is 12.9. The number of halogens is 1. The summed E-state index contributed by atoms with van der Waals surface area (Å²) in [6.07, 6.45) is 0. The molecule has 0 fully saturated rings. The number of hydrazine groups is 1. The third-order valence-corrected chi connectivity index (χ3v) is 4.98. The lowest BCUT2D eigenvalue weighted by Crippen LogP contribution is -2.28. The molecule has 0 aliphatic carbocycles. The summed E-state index contributed by atoms with van der Waals surface area (Å²) in [6.45, 7) is 1.73. The summed E-state index contributed by atoms with van der Waals surface area (Å²) in [5.74, 6) is 5.35. The maximum absolute atomic E-state index is 12.5. The maximum Gasteiger partial charge on any atom is 0.243 e. The van der Waals surface area contributed by atoms with Crippen LogP contribution in [0.3, 0.4) is 0 Å². The first-order chi connectivity index (χ1) is 9.95. The van der Waals surface area contributed by atoms with Gasteiger partial charge in [0.1, 0.15) is 4.90 Å². The quantitative estimate of drug-likeness (QED) is 0.583. The molecule has 2 aromatic carbocycles. The van der Waals surface area contributed by atoms with Gasteiger partial charge < -0.3 is 5.43 Å². The Morgan fingerprint density at radius 1 is 1.10 bits per heavy atom. The number of benzene rings is 2. The second kappa shape index (κ2) is 6.44. The fraction of sp³-hybridized carbons (Fsp3) is 0.143. The molecule has 0 spiro atoms. The Bertz CT molecular complexity index is 735. The molecule has 1 unspecified atom stereocenters. The van der Waals surface area contributed by atoms with Crippen molar-refractivity contribution in [1.82, 2.24) is 4.72 Å². The fourth-order valence-electron chi connectivity index (χ4n) is 2.01. The van der Waals surface area contributed by atoms with Crippen LogP contribution < -0.4 is 16.0 Å². The summed E-state index contributed by atoms with van der Waals surface area (Å²) in [5.41, 5.74) is 3.42. The van der Waals surface area contributed by atoms with Crippen LogP contribution >= 0.6 is 11.6 Å². The van der Waals surface area contributed by atoms with Gasteiger partial charge in [-0.3, -0.25) is 5.84 Å². The fourth-order valence-corrected chi connectivity index (χ4v) is 3.70. The number of para-hydroxylation sites is 1. The van der Waals surface area contributed by atoms with Gasteiger partial charge in [0, 0.05) is 11.1 Å². The van der Waals surface area contributed by atoms with Crippen molar-refractivity contribution in [3.63, 3.8) is 0 Å². The van der Waals surface area contributed by atoms with Gasteiger partial charge in [0.15, 0.2) is 0 Å². The molecule has 0 saturated heterocycles. The maximum atomic E-state index is 12.5. The standard InChI is InChI=1S/C14H16ClN3O2S/c1-10(11-6-2-3-7-12(11)15)18-21(19,20)14-9-5-4-8-13(14)17-16/h2-10,17-18H,16H2,1H3. The molecular weight excluding hydrogens is 310 g/mol. The Kier molecular flexibility index (Phi) is 4.84. The van der Waals surface area contributed by atoms with Crippen molar-refractivity contribution < 1.29 is 8.42 Å². The lowest BCUT2D eigenvalue weighted by atomic mass is 10.1. The predicted octanol–water partition coefficient (Wildman–Crippen LogP) is 2.67. The predicted molar refractivity (Wildman–Crippen MR) is 84.4 cm³/mol. The van der Waals surface area contributed by atoms with E-state index >= 15 is 0 Å². The first-order valence-corrected chi connectivity index (χ1v) is 8.14. The monoisotopic (exact) mass is 325 g/mol. The summed E-state index contributed by atoms with van der Waals surface area (Å²) >= 11 is 6.09. The van der Waals surface area contributed by atoms with Crippen molar-refractivity contribution in [2.75, 3.05) is 5.43 Å². The zero-order valence-electron chi connectivity index (χ0n) is 11.4. The number of rotatable bonds is 5. The second-order valence-electron chi connectivity index (χ2n) is 4.50. The van der Waals surface area contributed by atoms with E-state index < -0.39 is 16.1 Å². The highest BCUT2D eigenvalue weighted by Crippen LogP contribution is 2.26. The molecule has 0 aromatic heterocycles. The van der Waals surface area contributed by atoms with Gasteiger partial charge in [0.25, 0.3) is 0 Å². The molecule has 0 heterocycles. The molecule has 4 N–H and O–H groups in total. The summed E-state index contributed by atoms with van der Waals surface area (Å²) in [4.78, 5) is 0.0893. The van der Waals surface area contributed by atoms with Crippen LogP contribution in [0.5, 0.6) is 0 Å². The number of hydrogen-bond donors (Lipinski definition) is 3. The Balaban J connectivity index is 2.32. The van der Waals surface area contributed by atoms with E-state index in [4.69, 9.17) is 17.4 Å². The van der Waals surface area contributed by atoms with Gasteiger partial charge in [0.05, 0.1) is 5.69 Å². The van der Waals surface area contributed by atoms with Crippen molar-refractivity contribution in [2.45, 2.75) is 17.9 Å². The highest BCUT2D eigenvalue weighted by molar-refractivity contribution is 7.89. The minimum atomic E-state index is -3.72. The molecule has 5 nitrogen and oxygen atoms in total. The van der Waals surface area contributed by atoms with E-state index in [1.165, 1.54) is 6.07 Å². The first-order valence-electron chi connectivity index (χ1n) is 6.28. The first kappa shape index (κ1) is 15.8. The molecule has 21 heavy (non-hydrogen) atoms. The number of nitrogens with two attached hydrogens (primary N) is 1. The van der Waals surface area contributed by atoms with Crippen LogP contribution in [0, 0.1) is 0 Å². The van der Waals surface area contributed by atoms with Gasteiger partial charge in [-0.1, -0.05) is 41.9 Å². The van der Waals surface area contributed by atoms with Crippen molar-refractivity contribution in [3.8, 4) is 0 Å². The smallest absolute Gasteiger partial charge is 0.243 e. The van der Waals surface area contributed by atoms with E-state index in [-0.39, 0.29) is 4.90 Å². The van der Waals surface area contributed by atoms with Gasteiger partial charge in [-0.2, -0.15) is 0 Å². The van der Waals surface area contributed by atoms with Crippen LogP contribution in [0.1, 0.15) is 18.5 Å². The van der Waals surface area contributed by atoms with Gasteiger partial charge in [0.2, 0.25) is 10.0 Å². The van der Waals surface area contributed by atoms with Crippen LogP contribution in [-0.2, 0) is 10.0 Å². The van der Waals surface area contributed by atoms with E-state index in [0.29, 0.717) is 16.3 Å². The lowest BCUT2D eigenvalue weighted by molar-refractivity contribution is 0.567. The summed E-state index contributed by atoms with van der Waals surface area (Å²) in [7, 11) is -3.72. The number of nitrogen functional groups attached to an aromatic ring is 1. The third-order valence-electron chi connectivity index (χ3n) is 3.04. The molecule has 0 radical (unpaired) electrons. The van der Waals surface area contributed by atoms with Crippen molar-refractivity contribution in [3.05, 3.63) is 59.1 Å². The molecule has 0 aliphatic heterocycles. The minimum absolute atomic E-state index is 0.0893. The van der Waals surface area contributed by atoms with Crippen LogP contribution in [0.15, 0.2) is 53.4 Å². The molecule has 2 aromatic rings. The van der Waals surface area contributed by atoms with E-state index in [2.05, 4.69) is 10.1 Å². The number of sulfonamides is 1. The van der Waals surface area contributed by atoms with E-state index in [1.54, 1.807) is 49.4 Å². The third kappa shape index (κ3) is 3.54. The van der Waals surface area contributed by atoms with Gasteiger partial charge >= 0.3 is 0 Å². The SMILES string of the molecule is CC(NS(=O)(=O)c1ccccc1NN)c1ccccc1Cl. The topological polar surface area (TPSA) is 84.2 Å². The van der Waals surface area contributed by atoms with Crippen LogP contribution in [0.2, 0.25) is 5.02 Å². The number of anilines is 1. The largest absolute Gasteiger partial charge is 0.323 e. The number of nitrogens with one attached hydrogen (secondary N) is 2. The van der Waals surface area contributed by atoms with Crippen molar-refractivity contribution >= 4 is 27.3 Å². The zero-order chi connectivity index (χ0) is 15.5. The zero-order valence-corrected chi connectivity index (χ0v) is 12.9. The van der Waals surface area contributed by atoms with Gasteiger partial charge in [-0.15, -0.1) is 0 Å². The Morgan fingerprint density at radius 2 is 1.71 bits per heavy atom. The summed E-state index contributed by atoms with van der Waals surface area (Å²) < 4.78 is 27.5. The molecule has 0 bridgehead atoms. The van der Waals surface area contributed by atoms with Gasteiger partial charge in [-0.05, 0) is 30.7 Å². The molecule has 0 aliphatic rings. The van der Waals surface area contributed by atoms with Gasteiger partial charge in [-0.25, -0.2) is 13.1 Å². The van der Waals surface area contributed by atoms with E-state index in [0.717, 1.165) is 0 Å². The lowest BCUT2D eigenvalue weighted by Gasteiger charge is -2.17. The summed E-state index contributed by atoms with van der Waals surface area (Å²) in [5, 5.41) is 0.512. The summed E-state index contributed by atoms with van der Waals surface area (Å²) in [6, 6.07) is 13.0. The molecule has 2 rings (SSSR count). The minimum Gasteiger partial charge on any atom is -0.323 e. The Labute approximate surface area is 129 Å². The van der Waals surface area contributed by atoms with E-state index in [9.17, 15) is 8.42 Å². The molecule has 112 valence electrons. The van der Waals surface area contributed by atoms with Crippen LogP contribution in [0.25, 0.3) is 0 Å². The average molecular weight is 326 g/mol. The Morgan fingerprint density at radius 3 is 2.38 bits per heavy atom.